The van der Waals surface area contributed by atoms with Gasteiger partial charge in [0.25, 0.3) is 0 Å². The third-order valence-electron chi connectivity index (χ3n) is 3.74. The molecule has 1 fully saturated rings. The highest BCUT2D eigenvalue weighted by Crippen LogP contribution is 2.20. The number of anilines is 1. The van der Waals surface area contributed by atoms with Gasteiger partial charge >= 0.3 is 0 Å². The first-order valence-corrected chi connectivity index (χ1v) is 6.66. The minimum absolute atomic E-state index is 0.681. The molecule has 94 valence electrons. The minimum atomic E-state index is 0.681. The third-order valence-corrected chi connectivity index (χ3v) is 3.74. The van der Waals surface area contributed by atoms with E-state index in [2.05, 4.69) is 55.4 Å². The molecule has 0 amide bonds. The first kappa shape index (κ1) is 12.4. The average Bonchev–Trinajstić information content (AvgIpc) is 2.29. The zero-order chi connectivity index (χ0) is 12.3. The minimum Gasteiger partial charge on any atom is -0.374 e. The van der Waals surface area contributed by atoms with Crippen LogP contribution in [0.15, 0.2) is 24.3 Å². The van der Waals surface area contributed by atoms with E-state index in [0.717, 1.165) is 5.92 Å². The topological polar surface area (TPSA) is 15.3 Å². The maximum Gasteiger partial charge on any atom is 0.0363 e. The normalized spacial score (nSPS) is 24.6. The SMILES string of the molecule is Cc1ccc(N(C)CC2CCNC(C)C2)cc1. The number of hydrogen-bond donors (Lipinski definition) is 1. The van der Waals surface area contributed by atoms with Gasteiger partial charge in [-0.1, -0.05) is 17.7 Å². The molecule has 1 aromatic carbocycles. The van der Waals surface area contributed by atoms with Crippen LogP contribution >= 0.6 is 0 Å². The van der Waals surface area contributed by atoms with Crippen molar-refractivity contribution in [3.05, 3.63) is 29.8 Å². The van der Waals surface area contributed by atoms with Crippen molar-refractivity contribution in [1.82, 2.24) is 5.32 Å². The maximum atomic E-state index is 3.51. The molecule has 0 aromatic heterocycles. The monoisotopic (exact) mass is 232 g/mol. The number of hydrogen-bond acceptors (Lipinski definition) is 2. The second-order valence-electron chi connectivity index (χ2n) is 5.46. The van der Waals surface area contributed by atoms with Crippen LogP contribution in [-0.4, -0.2) is 26.2 Å². The van der Waals surface area contributed by atoms with E-state index in [0.29, 0.717) is 6.04 Å². The summed E-state index contributed by atoms with van der Waals surface area (Å²) in [7, 11) is 2.21. The highest BCUT2D eigenvalue weighted by molar-refractivity contribution is 5.46. The van der Waals surface area contributed by atoms with Gasteiger partial charge in [0.2, 0.25) is 0 Å². The Hall–Kier alpha value is -1.02. The Morgan fingerprint density at radius 1 is 1.29 bits per heavy atom. The predicted octanol–water partition coefficient (Wildman–Crippen LogP) is 2.82. The molecule has 1 aliphatic rings. The lowest BCUT2D eigenvalue weighted by molar-refractivity contribution is 0.319. The summed E-state index contributed by atoms with van der Waals surface area (Å²) in [6.45, 7) is 6.78. The molecule has 1 saturated heterocycles. The number of nitrogens with one attached hydrogen (secondary N) is 1. The molecule has 0 saturated carbocycles. The van der Waals surface area contributed by atoms with Crippen LogP contribution in [0.5, 0.6) is 0 Å². The van der Waals surface area contributed by atoms with Crippen molar-refractivity contribution in [2.45, 2.75) is 32.7 Å². The molecule has 1 aliphatic heterocycles. The van der Waals surface area contributed by atoms with Crippen LogP contribution in [0.1, 0.15) is 25.3 Å². The zero-order valence-electron chi connectivity index (χ0n) is 11.2. The van der Waals surface area contributed by atoms with Gasteiger partial charge in [-0.25, -0.2) is 0 Å². The molecule has 2 nitrogen and oxygen atoms in total. The molecule has 0 spiro atoms. The van der Waals surface area contributed by atoms with Crippen LogP contribution in [-0.2, 0) is 0 Å². The Morgan fingerprint density at radius 2 is 2.00 bits per heavy atom. The van der Waals surface area contributed by atoms with Crippen LogP contribution < -0.4 is 10.2 Å². The van der Waals surface area contributed by atoms with Gasteiger partial charge in [0.15, 0.2) is 0 Å². The van der Waals surface area contributed by atoms with E-state index in [1.165, 1.54) is 37.2 Å². The summed E-state index contributed by atoms with van der Waals surface area (Å²) >= 11 is 0. The largest absolute Gasteiger partial charge is 0.374 e. The van der Waals surface area contributed by atoms with E-state index in [4.69, 9.17) is 0 Å². The van der Waals surface area contributed by atoms with Crippen LogP contribution in [0.25, 0.3) is 0 Å². The second-order valence-corrected chi connectivity index (χ2v) is 5.46. The number of benzene rings is 1. The second kappa shape index (κ2) is 5.54. The highest BCUT2D eigenvalue weighted by Gasteiger charge is 2.19. The van der Waals surface area contributed by atoms with Crippen molar-refractivity contribution >= 4 is 5.69 Å². The lowest BCUT2D eigenvalue weighted by atomic mass is 9.93. The zero-order valence-corrected chi connectivity index (χ0v) is 11.2. The summed E-state index contributed by atoms with van der Waals surface area (Å²) in [5.41, 5.74) is 2.67. The van der Waals surface area contributed by atoms with Crippen LogP contribution in [0.4, 0.5) is 5.69 Å². The number of aryl methyl sites for hydroxylation is 1. The number of nitrogens with zero attached hydrogens (tertiary/aromatic N) is 1. The van der Waals surface area contributed by atoms with Gasteiger partial charge < -0.3 is 10.2 Å². The fourth-order valence-electron chi connectivity index (χ4n) is 2.69. The fraction of sp³-hybridized carbons (Fsp3) is 0.600. The Bertz CT molecular complexity index is 344. The molecule has 0 bridgehead atoms. The maximum absolute atomic E-state index is 3.51. The predicted molar refractivity (Wildman–Crippen MR) is 74.6 cm³/mol. The van der Waals surface area contributed by atoms with E-state index in [1.54, 1.807) is 0 Å². The van der Waals surface area contributed by atoms with E-state index < -0.39 is 0 Å². The molecular formula is C15H24N2. The van der Waals surface area contributed by atoms with Crippen LogP contribution in [0.2, 0.25) is 0 Å². The smallest absolute Gasteiger partial charge is 0.0363 e. The van der Waals surface area contributed by atoms with Gasteiger partial charge in [-0.3, -0.25) is 0 Å². The molecule has 2 heteroatoms. The summed E-state index contributed by atoms with van der Waals surface area (Å²) in [5.74, 6) is 0.831. The van der Waals surface area contributed by atoms with Crippen LogP contribution in [0.3, 0.4) is 0 Å². The van der Waals surface area contributed by atoms with Crippen molar-refractivity contribution in [2.24, 2.45) is 5.92 Å². The van der Waals surface area contributed by atoms with E-state index in [-0.39, 0.29) is 0 Å². The summed E-state index contributed by atoms with van der Waals surface area (Å²) in [6, 6.07) is 9.51. The molecular weight excluding hydrogens is 208 g/mol. The van der Waals surface area contributed by atoms with Gasteiger partial charge in [0.1, 0.15) is 0 Å². The molecule has 2 unspecified atom stereocenters. The number of piperidine rings is 1. The Morgan fingerprint density at radius 3 is 2.65 bits per heavy atom. The lowest BCUT2D eigenvalue weighted by Crippen LogP contribution is -2.39. The van der Waals surface area contributed by atoms with Gasteiger partial charge in [-0.15, -0.1) is 0 Å². The lowest BCUT2D eigenvalue weighted by Gasteiger charge is -2.32. The molecule has 0 radical (unpaired) electrons. The highest BCUT2D eigenvalue weighted by atomic mass is 15.1. The fourth-order valence-corrected chi connectivity index (χ4v) is 2.69. The molecule has 1 heterocycles. The molecule has 1 N–H and O–H groups in total. The van der Waals surface area contributed by atoms with E-state index in [1.807, 2.05) is 0 Å². The molecule has 2 rings (SSSR count). The van der Waals surface area contributed by atoms with Crippen molar-refractivity contribution in [3.63, 3.8) is 0 Å². The van der Waals surface area contributed by atoms with Gasteiger partial charge in [0.05, 0.1) is 0 Å². The third kappa shape index (κ3) is 3.47. The van der Waals surface area contributed by atoms with Crippen molar-refractivity contribution in [1.29, 1.82) is 0 Å². The van der Waals surface area contributed by atoms with E-state index >= 15 is 0 Å². The summed E-state index contributed by atoms with van der Waals surface area (Å²) < 4.78 is 0. The van der Waals surface area contributed by atoms with Crippen molar-refractivity contribution in [2.75, 3.05) is 25.0 Å². The van der Waals surface area contributed by atoms with Gasteiger partial charge in [0, 0.05) is 25.3 Å². The Labute approximate surface area is 105 Å². The Kier molecular flexibility index (Phi) is 4.06. The van der Waals surface area contributed by atoms with Crippen molar-refractivity contribution in [3.8, 4) is 0 Å². The average molecular weight is 232 g/mol. The summed E-state index contributed by atoms with van der Waals surface area (Å²) in [4.78, 5) is 2.39. The number of rotatable bonds is 3. The quantitative estimate of drug-likeness (QED) is 0.862. The van der Waals surface area contributed by atoms with Crippen LogP contribution in [0, 0.1) is 12.8 Å². The molecule has 1 aromatic rings. The van der Waals surface area contributed by atoms with E-state index in [9.17, 15) is 0 Å². The summed E-state index contributed by atoms with van der Waals surface area (Å²) in [5, 5.41) is 3.51. The van der Waals surface area contributed by atoms with Gasteiger partial charge in [-0.05, 0) is 51.3 Å². The molecule has 17 heavy (non-hydrogen) atoms. The first-order valence-electron chi connectivity index (χ1n) is 6.66. The molecule has 2 atom stereocenters. The van der Waals surface area contributed by atoms with Gasteiger partial charge in [-0.2, -0.15) is 0 Å². The molecule has 0 aliphatic carbocycles. The summed E-state index contributed by atoms with van der Waals surface area (Å²) in [6.07, 6.45) is 2.61. The van der Waals surface area contributed by atoms with Crippen molar-refractivity contribution < 1.29 is 0 Å². The first-order chi connectivity index (χ1) is 8.15. The standard InChI is InChI=1S/C15H24N2/c1-12-4-6-15(7-5-12)17(3)11-14-8-9-16-13(2)10-14/h4-7,13-14,16H,8-11H2,1-3H3. The Balaban J connectivity index is 1.91.